The highest BCUT2D eigenvalue weighted by Gasteiger charge is 2.32. The summed E-state index contributed by atoms with van der Waals surface area (Å²) < 4.78 is 0. The van der Waals surface area contributed by atoms with Gasteiger partial charge < -0.3 is 15.5 Å². The van der Waals surface area contributed by atoms with Crippen molar-refractivity contribution in [1.82, 2.24) is 0 Å². The van der Waals surface area contributed by atoms with Crippen LogP contribution in [-0.2, 0) is 53.9 Å². The number of hydrogen-bond donors (Lipinski definition) is 3. The summed E-state index contributed by atoms with van der Waals surface area (Å²) in [5.74, 6) is 0.773. The van der Waals surface area contributed by atoms with Gasteiger partial charge in [-0.05, 0) is 133 Å². The molecule has 0 saturated carbocycles. The Bertz CT molecular complexity index is 2290. The average Bonchev–Trinajstić information content (AvgIpc) is 3.16. The third-order valence-corrected chi connectivity index (χ3v) is 11.7. The van der Waals surface area contributed by atoms with E-state index in [1.54, 1.807) is 0 Å². The standard InChI is InChI=1S/C56H67NO2/c1-53(2,3)47-32-44(33-48(51(47)58)54(4,5)6)36-56(10,11)50-35-45(34-49(52(50)59)55(7,8)9)37-57-46-27-25-43(26-28-46)31-42-23-21-41(22-24-42)30-40-19-17-39(18-20-40)29-38-15-13-12-14-16-38/h12-28,32-35,57-59H,29-31,36-37H2,1-11H3. The molecule has 0 aromatic heterocycles. The van der Waals surface area contributed by atoms with Crippen molar-refractivity contribution in [2.24, 2.45) is 0 Å². The number of hydrogen-bond acceptors (Lipinski definition) is 3. The Morgan fingerprint density at radius 1 is 0.373 bits per heavy atom. The second-order valence-corrected chi connectivity index (χ2v) is 20.6. The van der Waals surface area contributed by atoms with Crippen molar-refractivity contribution in [3.63, 3.8) is 0 Å². The fourth-order valence-corrected chi connectivity index (χ4v) is 8.23. The highest BCUT2D eigenvalue weighted by atomic mass is 16.3. The highest BCUT2D eigenvalue weighted by Crippen LogP contribution is 2.44. The zero-order valence-electron chi connectivity index (χ0n) is 37.6. The molecule has 0 saturated heterocycles. The molecule has 6 aromatic carbocycles. The van der Waals surface area contributed by atoms with E-state index in [0.717, 1.165) is 59.2 Å². The van der Waals surface area contributed by atoms with Crippen LogP contribution in [0.5, 0.6) is 11.5 Å². The molecule has 0 aliphatic rings. The van der Waals surface area contributed by atoms with Crippen LogP contribution in [0, 0.1) is 0 Å². The molecule has 0 fully saturated rings. The zero-order valence-corrected chi connectivity index (χ0v) is 37.6. The molecule has 3 heteroatoms. The van der Waals surface area contributed by atoms with Gasteiger partial charge in [0.05, 0.1) is 0 Å². The molecule has 6 rings (SSSR count). The number of aromatic hydroxyl groups is 2. The van der Waals surface area contributed by atoms with E-state index in [-0.39, 0.29) is 21.7 Å². The summed E-state index contributed by atoms with van der Waals surface area (Å²) in [7, 11) is 0. The monoisotopic (exact) mass is 786 g/mol. The van der Waals surface area contributed by atoms with E-state index in [0.29, 0.717) is 18.0 Å². The van der Waals surface area contributed by atoms with Gasteiger partial charge in [-0.15, -0.1) is 0 Å². The molecule has 0 spiro atoms. The van der Waals surface area contributed by atoms with Gasteiger partial charge in [-0.1, -0.05) is 179 Å². The van der Waals surface area contributed by atoms with Crippen molar-refractivity contribution in [2.45, 2.75) is 130 Å². The molecule has 0 amide bonds. The summed E-state index contributed by atoms with van der Waals surface area (Å²) in [5, 5.41) is 26.9. The van der Waals surface area contributed by atoms with Crippen LogP contribution in [0.4, 0.5) is 5.69 Å². The quantitative estimate of drug-likeness (QED) is 0.116. The fraction of sp³-hybridized carbons (Fsp3) is 0.357. The van der Waals surface area contributed by atoms with Gasteiger partial charge in [-0.3, -0.25) is 0 Å². The Labute approximate surface area is 355 Å². The Hall–Kier alpha value is -5.28. The lowest BCUT2D eigenvalue weighted by Crippen LogP contribution is -2.25. The van der Waals surface area contributed by atoms with Gasteiger partial charge in [0, 0.05) is 17.8 Å². The minimum atomic E-state index is -0.379. The smallest absolute Gasteiger partial charge is 0.123 e. The normalized spacial score (nSPS) is 12.5. The van der Waals surface area contributed by atoms with Crippen LogP contribution < -0.4 is 5.32 Å². The second kappa shape index (κ2) is 17.1. The third-order valence-electron chi connectivity index (χ3n) is 11.7. The summed E-state index contributed by atoms with van der Waals surface area (Å²) in [6, 6.07) is 46.2. The lowest BCUT2D eigenvalue weighted by molar-refractivity contribution is 0.409. The maximum atomic E-state index is 11.9. The molecule has 308 valence electrons. The number of rotatable bonds is 12. The second-order valence-electron chi connectivity index (χ2n) is 20.6. The first-order valence-electron chi connectivity index (χ1n) is 21.4. The molecular formula is C56H67NO2. The van der Waals surface area contributed by atoms with Crippen LogP contribution in [0.15, 0.2) is 127 Å². The first-order valence-corrected chi connectivity index (χ1v) is 21.4. The zero-order chi connectivity index (χ0) is 42.8. The topological polar surface area (TPSA) is 52.5 Å². The van der Waals surface area contributed by atoms with E-state index in [4.69, 9.17) is 0 Å². The lowest BCUT2D eigenvalue weighted by atomic mass is 9.72. The summed E-state index contributed by atoms with van der Waals surface area (Å²) in [6.45, 7) is 24.5. The van der Waals surface area contributed by atoms with E-state index in [1.165, 1.54) is 38.9 Å². The number of phenols is 2. The molecular weight excluding hydrogens is 719 g/mol. The van der Waals surface area contributed by atoms with E-state index in [9.17, 15) is 10.2 Å². The van der Waals surface area contributed by atoms with E-state index < -0.39 is 0 Å². The Kier molecular flexibility index (Phi) is 12.6. The lowest BCUT2D eigenvalue weighted by Gasteiger charge is -2.33. The number of phenolic OH excluding ortho intramolecular Hbond substituents is 2. The Balaban J connectivity index is 1.12. The molecule has 3 N–H and O–H groups in total. The molecule has 6 aromatic rings. The van der Waals surface area contributed by atoms with Crippen molar-refractivity contribution in [3.05, 3.63) is 194 Å². The van der Waals surface area contributed by atoms with E-state index in [1.807, 2.05) is 0 Å². The first-order chi connectivity index (χ1) is 27.7. The van der Waals surface area contributed by atoms with Gasteiger partial charge in [-0.2, -0.15) is 0 Å². The number of nitrogens with one attached hydrogen (secondary N) is 1. The van der Waals surface area contributed by atoms with Gasteiger partial charge in [0.2, 0.25) is 0 Å². The molecule has 0 atom stereocenters. The fourth-order valence-electron chi connectivity index (χ4n) is 8.23. The molecule has 3 nitrogen and oxygen atoms in total. The van der Waals surface area contributed by atoms with Gasteiger partial charge in [0.25, 0.3) is 0 Å². The summed E-state index contributed by atoms with van der Waals surface area (Å²) in [6.07, 6.45) is 3.50. The maximum absolute atomic E-state index is 11.9. The van der Waals surface area contributed by atoms with Crippen molar-refractivity contribution in [1.29, 1.82) is 0 Å². The van der Waals surface area contributed by atoms with Crippen LogP contribution >= 0.6 is 0 Å². The van der Waals surface area contributed by atoms with Crippen LogP contribution in [0.25, 0.3) is 0 Å². The van der Waals surface area contributed by atoms with Crippen molar-refractivity contribution in [2.75, 3.05) is 5.32 Å². The Morgan fingerprint density at radius 3 is 1.08 bits per heavy atom. The molecule has 0 unspecified atom stereocenters. The average molecular weight is 786 g/mol. The van der Waals surface area contributed by atoms with Crippen LogP contribution in [0.1, 0.15) is 143 Å². The van der Waals surface area contributed by atoms with Crippen LogP contribution in [0.2, 0.25) is 0 Å². The number of benzene rings is 6. The molecule has 0 bridgehead atoms. The summed E-state index contributed by atoms with van der Waals surface area (Å²) in [5.41, 5.74) is 14.1. The van der Waals surface area contributed by atoms with Gasteiger partial charge in [0.1, 0.15) is 11.5 Å². The minimum Gasteiger partial charge on any atom is -0.507 e. The van der Waals surface area contributed by atoms with E-state index in [2.05, 4.69) is 209 Å². The van der Waals surface area contributed by atoms with Gasteiger partial charge in [0.15, 0.2) is 0 Å². The van der Waals surface area contributed by atoms with Crippen molar-refractivity contribution < 1.29 is 10.2 Å². The van der Waals surface area contributed by atoms with Gasteiger partial charge in [-0.25, -0.2) is 0 Å². The molecule has 59 heavy (non-hydrogen) atoms. The predicted molar refractivity (Wildman–Crippen MR) is 251 cm³/mol. The van der Waals surface area contributed by atoms with Crippen LogP contribution in [-0.4, -0.2) is 10.2 Å². The first kappa shape index (κ1) is 43.3. The minimum absolute atomic E-state index is 0.209. The molecule has 0 radical (unpaired) electrons. The molecule has 0 aliphatic carbocycles. The maximum Gasteiger partial charge on any atom is 0.123 e. The SMILES string of the molecule is CC(C)(C)c1cc(CC(C)(C)c2cc(CNc3ccc(Cc4ccc(Cc5ccc(Cc6ccccc6)cc5)cc4)cc3)cc(C(C)(C)C)c2O)cc(C(C)(C)C)c1O. The van der Waals surface area contributed by atoms with Crippen molar-refractivity contribution >= 4 is 5.69 Å². The van der Waals surface area contributed by atoms with Gasteiger partial charge >= 0.3 is 0 Å². The predicted octanol–water partition coefficient (Wildman–Crippen LogP) is 13.9. The Morgan fingerprint density at radius 2 is 0.695 bits per heavy atom. The van der Waals surface area contributed by atoms with E-state index >= 15 is 0 Å². The largest absolute Gasteiger partial charge is 0.507 e. The summed E-state index contributed by atoms with van der Waals surface area (Å²) in [4.78, 5) is 0. The highest BCUT2D eigenvalue weighted by molar-refractivity contribution is 5.54. The molecule has 0 aliphatic heterocycles. The third kappa shape index (κ3) is 11.1. The molecule has 0 heterocycles. The van der Waals surface area contributed by atoms with Crippen LogP contribution in [0.3, 0.4) is 0 Å². The number of anilines is 1. The van der Waals surface area contributed by atoms with Crippen molar-refractivity contribution in [3.8, 4) is 11.5 Å². The summed E-state index contributed by atoms with van der Waals surface area (Å²) >= 11 is 0.